The Kier molecular flexibility index (Phi) is 9.11. The number of aliphatic carboxylic acids is 2. The molecular weight excluding hydrogens is 676 g/mol. The first-order valence-corrected chi connectivity index (χ1v) is 17.0. The van der Waals surface area contributed by atoms with E-state index in [-0.39, 0.29) is 22.4 Å². The zero-order valence-corrected chi connectivity index (χ0v) is 27.8. The van der Waals surface area contributed by atoms with Gasteiger partial charge in [-0.3, -0.25) is 4.90 Å². The van der Waals surface area contributed by atoms with Gasteiger partial charge in [-0.25, -0.2) is 24.0 Å². The van der Waals surface area contributed by atoms with E-state index in [1.54, 1.807) is 24.4 Å². The Balaban J connectivity index is 1.12. The first-order chi connectivity index (χ1) is 23.9. The summed E-state index contributed by atoms with van der Waals surface area (Å²) in [5.41, 5.74) is -3.34. The molecule has 0 unspecified atom stereocenters. The number of hydrogen-bond donors (Lipinski definition) is 6. The quantitative estimate of drug-likeness (QED) is 0.122. The fraction of sp³-hybridized carbons (Fsp3) is 0.545. The normalized spacial score (nSPS) is 28.3. The number of anilines is 2. The fourth-order valence-electron chi connectivity index (χ4n) is 7.81. The molecule has 17 heteroatoms. The van der Waals surface area contributed by atoms with Crippen LogP contribution >= 0.6 is 11.6 Å². The van der Waals surface area contributed by atoms with E-state index in [1.165, 1.54) is 41.0 Å². The van der Waals surface area contributed by atoms with Gasteiger partial charge in [0.15, 0.2) is 11.9 Å². The Labute approximate surface area is 291 Å². The van der Waals surface area contributed by atoms with Crippen LogP contribution in [0.2, 0.25) is 5.15 Å². The molecule has 6 N–H and O–H groups in total. The van der Waals surface area contributed by atoms with Crippen molar-refractivity contribution in [3.63, 3.8) is 0 Å². The molecule has 6 atom stereocenters. The first kappa shape index (κ1) is 34.4. The van der Waals surface area contributed by atoms with Gasteiger partial charge in [-0.2, -0.15) is 5.10 Å². The smallest absolute Gasteiger partial charge is 0.348 e. The minimum absolute atomic E-state index is 0.177. The van der Waals surface area contributed by atoms with Crippen LogP contribution < -0.4 is 15.1 Å². The van der Waals surface area contributed by atoms with Crippen molar-refractivity contribution in [2.24, 2.45) is 11.8 Å². The maximum Gasteiger partial charge on any atom is 0.348 e. The molecule has 3 aromatic rings. The van der Waals surface area contributed by atoms with Crippen molar-refractivity contribution < 1.29 is 49.4 Å². The molecule has 0 spiro atoms. The molecule has 16 nitrogen and oxygen atoms in total. The fourth-order valence-corrected chi connectivity index (χ4v) is 8.00. The Bertz CT molecular complexity index is 1760. The van der Waals surface area contributed by atoms with Gasteiger partial charge in [0, 0.05) is 38.3 Å². The van der Waals surface area contributed by atoms with E-state index in [9.17, 15) is 39.9 Å². The topological polar surface area (TPSA) is 220 Å². The molecule has 1 aliphatic carbocycles. The lowest BCUT2D eigenvalue weighted by atomic mass is 9.91. The number of hydrogen-bond acceptors (Lipinski definition) is 11. The highest BCUT2D eigenvalue weighted by atomic mass is 35.5. The first-order valence-electron chi connectivity index (χ1n) is 16.7. The van der Waals surface area contributed by atoms with Crippen molar-refractivity contribution in [3.8, 4) is 0 Å². The predicted octanol–water partition coefficient (Wildman–Crippen LogP) is 1.39. The van der Waals surface area contributed by atoms with Crippen molar-refractivity contribution >= 4 is 52.0 Å². The number of nitrogens with one attached hydrogen (secondary N) is 1. The molecule has 50 heavy (non-hydrogen) atoms. The molecule has 268 valence electrons. The Morgan fingerprint density at radius 3 is 2.46 bits per heavy atom. The number of carbonyl (C=O) groups is 3. The molecule has 1 aromatic carbocycles. The maximum absolute atomic E-state index is 12.6. The third-order valence-electron chi connectivity index (χ3n) is 10.7. The number of carbonyl (C=O) groups excluding carboxylic acids is 1. The number of aliphatic hydroxyl groups excluding tert-OH is 2. The van der Waals surface area contributed by atoms with E-state index in [1.807, 2.05) is 0 Å². The number of aliphatic hydroxyl groups is 3. The second-order valence-corrected chi connectivity index (χ2v) is 14.0. The van der Waals surface area contributed by atoms with E-state index >= 15 is 0 Å². The molecule has 5 heterocycles. The van der Waals surface area contributed by atoms with Gasteiger partial charge >= 0.3 is 18.0 Å². The summed E-state index contributed by atoms with van der Waals surface area (Å²) in [5, 5.41) is 61.3. The van der Waals surface area contributed by atoms with E-state index in [2.05, 4.69) is 20.3 Å². The number of pyridine rings is 1. The van der Waals surface area contributed by atoms with Crippen LogP contribution in [0.1, 0.15) is 37.5 Å². The monoisotopic (exact) mass is 714 g/mol. The van der Waals surface area contributed by atoms with Crippen molar-refractivity contribution in [3.05, 3.63) is 47.2 Å². The summed E-state index contributed by atoms with van der Waals surface area (Å²) < 4.78 is 12.8. The Hall–Kier alpha value is -4.06. The summed E-state index contributed by atoms with van der Waals surface area (Å²) >= 11 is 6.46. The highest BCUT2D eigenvalue weighted by molar-refractivity contribution is 6.30. The Morgan fingerprint density at radius 1 is 1.12 bits per heavy atom. The molecule has 3 saturated heterocycles. The van der Waals surface area contributed by atoms with Crippen molar-refractivity contribution in [1.82, 2.24) is 20.1 Å². The van der Waals surface area contributed by atoms with Crippen LogP contribution in [-0.4, -0.2) is 121 Å². The van der Waals surface area contributed by atoms with Crippen molar-refractivity contribution in [2.75, 3.05) is 49.2 Å². The maximum atomic E-state index is 12.6. The van der Waals surface area contributed by atoms with Crippen LogP contribution in [-0.2, 0) is 25.5 Å². The van der Waals surface area contributed by atoms with E-state index in [4.69, 9.17) is 21.1 Å². The summed E-state index contributed by atoms with van der Waals surface area (Å²) in [7, 11) is 0. The van der Waals surface area contributed by atoms with Crippen LogP contribution in [0.4, 0.5) is 16.2 Å². The van der Waals surface area contributed by atoms with Gasteiger partial charge in [0.25, 0.3) is 5.60 Å². The predicted molar refractivity (Wildman–Crippen MR) is 177 cm³/mol. The van der Waals surface area contributed by atoms with Gasteiger partial charge in [-0.05, 0) is 54.9 Å². The minimum atomic E-state index is -2.84. The van der Waals surface area contributed by atoms with Crippen LogP contribution in [0, 0.1) is 11.8 Å². The van der Waals surface area contributed by atoms with Crippen LogP contribution in [0.3, 0.4) is 0 Å². The van der Waals surface area contributed by atoms with Gasteiger partial charge in [-0.15, -0.1) is 0 Å². The van der Waals surface area contributed by atoms with Gasteiger partial charge in [0.2, 0.25) is 0 Å². The summed E-state index contributed by atoms with van der Waals surface area (Å²) in [4.78, 5) is 45.5. The van der Waals surface area contributed by atoms with Crippen LogP contribution in [0.5, 0.6) is 0 Å². The molecule has 2 amide bonds. The van der Waals surface area contributed by atoms with E-state index in [0.29, 0.717) is 36.0 Å². The van der Waals surface area contributed by atoms with E-state index < -0.39 is 61.2 Å². The molecule has 4 aliphatic rings. The zero-order chi connectivity index (χ0) is 35.4. The number of aromatic nitrogens is 3. The van der Waals surface area contributed by atoms with Gasteiger partial charge < -0.3 is 45.2 Å². The number of benzene rings is 1. The highest BCUT2D eigenvalue weighted by Crippen LogP contribution is 2.43. The molecule has 2 aromatic heterocycles. The van der Waals surface area contributed by atoms with Gasteiger partial charge in [-0.1, -0.05) is 30.2 Å². The molecule has 3 aliphatic heterocycles. The highest BCUT2D eigenvalue weighted by Gasteiger charge is 2.58. The van der Waals surface area contributed by atoms with Crippen molar-refractivity contribution in [1.29, 1.82) is 0 Å². The SMILES string of the molecule is O=C1NCCCN1c1ccc(CC(OC[C@H]2O[C@@H](n3ncc4c(N5C[C@H]6CCC[C@H]6C5)cc(Cl)nc43)[C@H](O)[C@@]2(O)CO)(C(=O)O)C(=O)O)cc1. The molecular formula is C33H39ClN6O10. The zero-order valence-electron chi connectivity index (χ0n) is 27.0. The molecule has 1 saturated carbocycles. The number of nitrogens with zero attached hydrogens (tertiary/aromatic N) is 5. The number of carboxylic acids is 2. The van der Waals surface area contributed by atoms with Crippen molar-refractivity contribution in [2.45, 2.75) is 61.7 Å². The third-order valence-corrected chi connectivity index (χ3v) is 10.9. The standard InChI is InChI=1S/C33H39ClN6O10/c34-25-11-23(38-14-19-3-1-4-20(19)15-38)22-13-36-40(27(22)37-25)28-26(42)32(48,17-41)24(50-28)16-49-33(29(43)44,30(45)46)12-18-5-7-21(8-6-18)39-10-2-9-35-31(39)47/h5-8,11,13,19-20,24,26,28,41-42,48H,1-4,9-10,12,14-17H2,(H,35,47)(H,43,44)(H,45,46)/t19-,20+,24-,26+,28-,32-/m1/s1. The lowest BCUT2D eigenvalue weighted by molar-refractivity contribution is -0.195. The van der Waals surface area contributed by atoms with E-state index in [0.717, 1.165) is 25.2 Å². The van der Waals surface area contributed by atoms with Gasteiger partial charge in [0.05, 0.1) is 30.5 Å². The van der Waals surface area contributed by atoms with Crippen LogP contribution in [0.15, 0.2) is 36.5 Å². The van der Waals surface area contributed by atoms with Crippen LogP contribution in [0.25, 0.3) is 11.0 Å². The molecule has 7 rings (SSSR count). The summed E-state index contributed by atoms with van der Waals surface area (Å²) in [6, 6.07) is 7.65. The minimum Gasteiger partial charge on any atom is -0.479 e. The number of rotatable bonds is 11. The average Bonchev–Trinajstić information content (AvgIpc) is 3.87. The number of carboxylic acid groups (broad SMARTS) is 2. The lowest BCUT2D eigenvalue weighted by Gasteiger charge is -2.32. The van der Waals surface area contributed by atoms with Gasteiger partial charge in [0.1, 0.15) is 23.0 Å². The molecule has 4 fully saturated rings. The number of urea groups is 1. The average molecular weight is 715 g/mol. The Morgan fingerprint density at radius 2 is 1.82 bits per heavy atom. The number of ether oxygens (including phenoxy) is 2. The molecule has 0 bridgehead atoms. The third kappa shape index (κ3) is 5.82. The summed E-state index contributed by atoms with van der Waals surface area (Å²) in [5.74, 6) is -2.44. The lowest BCUT2D eigenvalue weighted by Crippen LogP contribution is -2.56. The number of halogens is 1. The number of fused-ring (bicyclic) bond motifs is 2. The summed E-state index contributed by atoms with van der Waals surface area (Å²) in [6.45, 7) is 0.903. The summed E-state index contributed by atoms with van der Waals surface area (Å²) in [6.07, 6.45) is 0.381. The molecule has 0 radical (unpaired) electrons. The largest absolute Gasteiger partial charge is 0.479 e. The number of amides is 2. The second-order valence-electron chi connectivity index (χ2n) is 13.6. The second kappa shape index (κ2) is 13.2.